The molecule has 0 saturated carbocycles. The lowest BCUT2D eigenvalue weighted by Crippen LogP contribution is -2.48. The summed E-state index contributed by atoms with van der Waals surface area (Å²) in [6, 6.07) is 17.8. The van der Waals surface area contributed by atoms with Crippen molar-refractivity contribution in [2.45, 2.75) is 31.2 Å². The second-order valence-corrected chi connectivity index (χ2v) is 6.62. The van der Waals surface area contributed by atoms with Crippen LogP contribution in [-0.4, -0.2) is 40.5 Å². The molecule has 140 valence electrons. The number of carbonyl (C=O) groups excluding carboxylic acids is 2. The van der Waals surface area contributed by atoms with E-state index >= 15 is 0 Å². The summed E-state index contributed by atoms with van der Waals surface area (Å²) < 4.78 is 0. The van der Waals surface area contributed by atoms with E-state index in [4.69, 9.17) is 0 Å². The van der Waals surface area contributed by atoms with Gasteiger partial charge in [-0.05, 0) is 24.0 Å². The standard InChI is InChI=1S/C21H22N2O4/c24-19(22-21(27)23-13-7-12-18(23)20(25)26)14-17(15-8-3-1-4-9-15)16-10-5-2-6-11-16/h1-6,8-11,17-18H,7,12-14H2,(H,25,26)(H,22,24,27)/t18-/m0/s1. The number of carboxylic acids is 1. The summed E-state index contributed by atoms with van der Waals surface area (Å²) in [5.41, 5.74) is 1.96. The van der Waals surface area contributed by atoms with E-state index in [1.165, 1.54) is 4.90 Å². The van der Waals surface area contributed by atoms with Crippen molar-refractivity contribution in [3.8, 4) is 0 Å². The minimum absolute atomic E-state index is 0.103. The topological polar surface area (TPSA) is 86.7 Å². The first kappa shape index (κ1) is 18.6. The van der Waals surface area contributed by atoms with E-state index in [0.29, 0.717) is 19.4 Å². The van der Waals surface area contributed by atoms with Gasteiger partial charge in [0.25, 0.3) is 0 Å². The van der Waals surface area contributed by atoms with Gasteiger partial charge in [0.05, 0.1) is 0 Å². The van der Waals surface area contributed by atoms with Gasteiger partial charge in [-0.15, -0.1) is 0 Å². The predicted molar refractivity (Wildman–Crippen MR) is 100 cm³/mol. The summed E-state index contributed by atoms with van der Waals surface area (Å²) >= 11 is 0. The van der Waals surface area contributed by atoms with Gasteiger partial charge in [-0.2, -0.15) is 0 Å². The van der Waals surface area contributed by atoms with Crippen LogP contribution >= 0.6 is 0 Å². The van der Waals surface area contributed by atoms with Crippen molar-refractivity contribution in [2.75, 3.05) is 6.54 Å². The molecule has 6 nitrogen and oxygen atoms in total. The van der Waals surface area contributed by atoms with E-state index in [-0.39, 0.29) is 12.3 Å². The molecule has 2 aromatic rings. The molecule has 0 radical (unpaired) electrons. The van der Waals surface area contributed by atoms with Crippen LogP contribution in [0, 0.1) is 0 Å². The fourth-order valence-electron chi connectivity index (χ4n) is 3.49. The SMILES string of the molecule is O=C(CC(c1ccccc1)c1ccccc1)NC(=O)N1CCC[C@H]1C(=O)O. The van der Waals surface area contributed by atoms with Gasteiger partial charge in [-0.1, -0.05) is 60.7 Å². The molecule has 3 rings (SSSR count). The molecule has 1 fully saturated rings. The molecule has 0 aliphatic carbocycles. The average Bonchev–Trinajstić information content (AvgIpc) is 3.18. The van der Waals surface area contributed by atoms with Crippen LogP contribution in [0.5, 0.6) is 0 Å². The molecule has 2 N–H and O–H groups in total. The normalized spacial score (nSPS) is 16.3. The van der Waals surface area contributed by atoms with Crippen LogP contribution in [-0.2, 0) is 9.59 Å². The van der Waals surface area contributed by atoms with E-state index < -0.39 is 23.9 Å². The van der Waals surface area contributed by atoms with Gasteiger partial charge in [-0.3, -0.25) is 10.1 Å². The maximum Gasteiger partial charge on any atom is 0.326 e. The molecule has 0 spiro atoms. The molecule has 0 bridgehead atoms. The third-order valence-corrected chi connectivity index (χ3v) is 4.84. The minimum atomic E-state index is -1.04. The van der Waals surface area contributed by atoms with Crippen molar-refractivity contribution in [1.29, 1.82) is 0 Å². The van der Waals surface area contributed by atoms with Gasteiger partial charge < -0.3 is 10.0 Å². The van der Waals surface area contributed by atoms with Gasteiger partial charge in [-0.25, -0.2) is 9.59 Å². The highest BCUT2D eigenvalue weighted by Gasteiger charge is 2.34. The number of amides is 3. The highest BCUT2D eigenvalue weighted by Crippen LogP contribution is 2.28. The first-order valence-corrected chi connectivity index (χ1v) is 8.99. The molecule has 6 heteroatoms. The third-order valence-electron chi connectivity index (χ3n) is 4.84. The first-order chi connectivity index (χ1) is 13.1. The Balaban J connectivity index is 1.72. The molecule has 0 aromatic heterocycles. The lowest BCUT2D eigenvalue weighted by Gasteiger charge is -2.22. The van der Waals surface area contributed by atoms with Crippen LogP contribution in [0.3, 0.4) is 0 Å². The lowest BCUT2D eigenvalue weighted by molar-refractivity contribution is -0.141. The number of imide groups is 1. The fourth-order valence-corrected chi connectivity index (χ4v) is 3.49. The maximum absolute atomic E-state index is 12.5. The zero-order valence-electron chi connectivity index (χ0n) is 14.9. The molecule has 3 amide bonds. The lowest BCUT2D eigenvalue weighted by atomic mass is 9.88. The second-order valence-electron chi connectivity index (χ2n) is 6.62. The van der Waals surface area contributed by atoms with Crippen molar-refractivity contribution in [2.24, 2.45) is 0 Å². The number of nitrogens with zero attached hydrogens (tertiary/aromatic N) is 1. The van der Waals surface area contributed by atoms with Crippen LogP contribution in [0.15, 0.2) is 60.7 Å². The minimum Gasteiger partial charge on any atom is -0.480 e. The number of carbonyl (C=O) groups is 3. The largest absolute Gasteiger partial charge is 0.480 e. The fraction of sp³-hybridized carbons (Fsp3) is 0.286. The molecule has 1 aliphatic rings. The summed E-state index contributed by atoms with van der Waals surface area (Å²) in [6.45, 7) is 0.344. The monoisotopic (exact) mass is 366 g/mol. The quantitative estimate of drug-likeness (QED) is 0.852. The Hall–Kier alpha value is -3.15. The molecule has 1 aliphatic heterocycles. The number of urea groups is 1. The smallest absolute Gasteiger partial charge is 0.326 e. The Kier molecular flexibility index (Phi) is 5.86. The van der Waals surface area contributed by atoms with E-state index in [2.05, 4.69) is 5.32 Å². The summed E-state index contributed by atoms with van der Waals surface area (Å²) in [7, 11) is 0. The van der Waals surface area contributed by atoms with E-state index in [1.807, 2.05) is 60.7 Å². The number of likely N-dealkylation sites (tertiary alicyclic amines) is 1. The van der Waals surface area contributed by atoms with E-state index in [0.717, 1.165) is 11.1 Å². The molecule has 1 heterocycles. The highest BCUT2D eigenvalue weighted by atomic mass is 16.4. The summed E-state index contributed by atoms with van der Waals surface area (Å²) in [6.07, 6.45) is 1.13. The number of nitrogens with one attached hydrogen (secondary N) is 1. The van der Waals surface area contributed by atoms with Crippen molar-refractivity contribution < 1.29 is 19.5 Å². The molecule has 0 unspecified atom stereocenters. The zero-order chi connectivity index (χ0) is 19.2. The molecule has 1 atom stereocenters. The molecular formula is C21H22N2O4. The third kappa shape index (κ3) is 4.53. The van der Waals surface area contributed by atoms with Crippen LogP contribution in [0.4, 0.5) is 4.79 Å². The van der Waals surface area contributed by atoms with Crippen LogP contribution in [0.25, 0.3) is 0 Å². The summed E-state index contributed by atoms with van der Waals surface area (Å²) in [5.74, 6) is -1.65. The number of carboxylic acid groups (broad SMARTS) is 1. The number of hydrogen-bond donors (Lipinski definition) is 2. The second kappa shape index (κ2) is 8.49. The van der Waals surface area contributed by atoms with Crippen molar-refractivity contribution in [1.82, 2.24) is 10.2 Å². The Bertz CT molecular complexity index is 768. The Morgan fingerprint density at radius 2 is 1.56 bits per heavy atom. The van der Waals surface area contributed by atoms with Gasteiger partial charge >= 0.3 is 12.0 Å². The molecule has 1 saturated heterocycles. The Labute approximate surface area is 157 Å². The van der Waals surface area contributed by atoms with Crippen LogP contribution in [0.2, 0.25) is 0 Å². The molecule has 27 heavy (non-hydrogen) atoms. The van der Waals surface area contributed by atoms with Crippen molar-refractivity contribution in [3.63, 3.8) is 0 Å². The van der Waals surface area contributed by atoms with Crippen LogP contribution in [0.1, 0.15) is 36.3 Å². The van der Waals surface area contributed by atoms with E-state index in [1.54, 1.807) is 0 Å². The number of aliphatic carboxylic acids is 1. The number of benzene rings is 2. The van der Waals surface area contributed by atoms with Gasteiger partial charge in [0.15, 0.2) is 0 Å². The van der Waals surface area contributed by atoms with E-state index in [9.17, 15) is 19.5 Å². The average molecular weight is 366 g/mol. The van der Waals surface area contributed by atoms with Crippen molar-refractivity contribution >= 4 is 17.9 Å². The Morgan fingerprint density at radius 1 is 1.00 bits per heavy atom. The first-order valence-electron chi connectivity index (χ1n) is 8.99. The highest BCUT2D eigenvalue weighted by molar-refractivity contribution is 5.96. The van der Waals surface area contributed by atoms with Crippen molar-refractivity contribution in [3.05, 3.63) is 71.8 Å². The maximum atomic E-state index is 12.5. The summed E-state index contributed by atoms with van der Waals surface area (Å²) in [5, 5.41) is 11.6. The van der Waals surface area contributed by atoms with Gasteiger partial charge in [0.1, 0.15) is 6.04 Å². The van der Waals surface area contributed by atoms with Gasteiger partial charge in [0.2, 0.25) is 5.91 Å². The van der Waals surface area contributed by atoms with Crippen LogP contribution < -0.4 is 5.32 Å². The summed E-state index contributed by atoms with van der Waals surface area (Å²) in [4.78, 5) is 37.4. The Morgan fingerprint density at radius 3 is 2.07 bits per heavy atom. The molecular weight excluding hydrogens is 344 g/mol. The predicted octanol–water partition coefficient (Wildman–Crippen LogP) is 2.99. The number of rotatable bonds is 5. The zero-order valence-corrected chi connectivity index (χ0v) is 14.9. The van der Waals surface area contributed by atoms with Gasteiger partial charge in [0, 0.05) is 18.9 Å². The molecule has 2 aromatic carbocycles. The number of hydrogen-bond acceptors (Lipinski definition) is 3.